The molecule has 0 saturated carbocycles. The number of pyridine rings is 1. The van der Waals surface area contributed by atoms with Crippen molar-refractivity contribution in [1.82, 2.24) is 15.3 Å². The number of hydrogen-bond donors (Lipinski definition) is 2. The fourth-order valence-corrected chi connectivity index (χ4v) is 3.56. The fourth-order valence-electron chi connectivity index (χ4n) is 3.56. The summed E-state index contributed by atoms with van der Waals surface area (Å²) in [6.07, 6.45) is 13.8. The maximum Gasteiger partial charge on any atom is 0.243 e. The molecular formula is C22H24N4O. The molecule has 0 fully saturated rings. The molecule has 0 radical (unpaired) electrons. The minimum atomic E-state index is -0.130. The van der Waals surface area contributed by atoms with Crippen LogP contribution in [0.5, 0.6) is 0 Å². The van der Waals surface area contributed by atoms with Crippen molar-refractivity contribution in [2.75, 3.05) is 0 Å². The van der Waals surface area contributed by atoms with Crippen molar-refractivity contribution in [2.45, 2.75) is 32.2 Å². The topological polar surface area (TPSA) is 70.1 Å². The molecule has 0 saturated heterocycles. The fraction of sp³-hybridized carbons (Fsp3) is 0.227. The molecule has 2 heterocycles. The monoisotopic (exact) mass is 360 g/mol. The number of nitrogens with zero attached hydrogens (tertiary/aromatic N) is 2. The van der Waals surface area contributed by atoms with Crippen molar-refractivity contribution in [1.29, 1.82) is 0 Å². The number of amides is 1. The molecule has 0 bridgehead atoms. The Morgan fingerprint density at radius 1 is 1.48 bits per heavy atom. The van der Waals surface area contributed by atoms with E-state index in [9.17, 15) is 4.79 Å². The third-order valence-corrected chi connectivity index (χ3v) is 4.80. The van der Waals surface area contributed by atoms with E-state index in [2.05, 4.69) is 45.7 Å². The summed E-state index contributed by atoms with van der Waals surface area (Å²) in [5.41, 5.74) is 5.38. The molecule has 5 heteroatoms. The Bertz CT molecular complexity index is 906. The van der Waals surface area contributed by atoms with E-state index in [0.29, 0.717) is 0 Å². The summed E-state index contributed by atoms with van der Waals surface area (Å²) in [4.78, 5) is 23.3. The Labute approximate surface area is 159 Å². The minimum Gasteiger partial charge on any atom is -0.349 e. The zero-order chi connectivity index (χ0) is 19.2. The van der Waals surface area contributed by atoms with Crippen LogP contribution in [0.4, 0.5) is 5.82 Å². The Balaban J connectivity index is 1.98. The second-order valence-corrected chi connectivity index (χ2v) is 6.45. The van der Waals surface area contributed by atoms with Gasteiger partial charge in [-0.2, -0.15) is 0 Å². The Morgan fingerprint density at radius 3 is 3.00 bits per heavy atom. The average Bonchev–Trinajstić information content (AvgIpc) is 3.13. The lowest BCUT2D eigenvalue weighted by molar-refractivity contribution is -0.117. The van der Waals surface area contributed by atoms with Gasteiger partial charge < -0.3 is 10.3 Å². The number of allylic oxidation sites excluding steroid dienone is 3. The van der Waals surface area contributed by atoms with Crippen molar-refractivity contribution in [2.24, 2.45) is 4.99 Å². The van der Waals surface area contributed by atoms with Gasteiger partial charge in [0, 0.05) is 41.3 Å². The first-order chi connectivity index (χ1) is 13.2. The van der Waals surface area contributed by atoms with E-state index in [1.807, 2.05) is 31.5 Å². The quantitative estimate of drug-likeness (QED) is 0.584. The lowest BCUT2D eigenvalue weighted by Gasteiger charge is -2.25. The van der Waals surface area contributed by atoms with E-state index in [-0.39, 0.29) is 11.9 Å². The van der Waals surface area contributed by atoms with Crippen molar-refractivity contribution < 1.29 is 4.79 Å². The lowest BCUT2D eigenvalue weighted by atomic mass is 9.85. The predicted octanol–water partition coefficient (Wildman–Crippen LogP) is 4.59. The van der Waals surface area contributed by atoms with Crippen LogP contribution in [-0.4, -0.2) is 28.6 Å². The summed E-state index contributed by atoms with van der Waals surface area (Å²) in [6, 6.07) is 4.05. The molecule has 5 nitrogen and oxygen atoms in total. The molecule has 2 aromatic heterocycles. The van der Waals surface area contributed by atoms with Crippen molar-refractivity contribution in [3.8, 4) is 11.1 Å². The number of carbonyl (C=O) groups is 1. The highest BCUT2D eigenvalue weighted by atomic mass is 16.1. The average molecular weight is 360 g/mol. The predicted molar refractivity (Wildman–Crippen MR) is 111 cm³/mol. The molecule has 3 rings (SSSR count). The number of aliphatic imine (C=N–C) groups is 1. The van der Waals surface area contributed by atoms with E-state index in [1.54, 1.807) is 6.20 Å². The van der Waals surface area contributed by atoms with Gasteiger partial charge in [-0.25, -0.2) is 4.99 Å². The number of aromatic nitrogens is 2. The van der Waals surface area contributed by atoms with Gasteiger partial charge in [-0.15, -0.1) is 0 Å². The van der Waals surface area contributed by atoms with Crippen LogP contribution in [-0.2, 0) is 4.79 Å². The molecule has 138 valence electrons. The van der Waals surface area contributed by atoms with E-state index in [1.165, 1.54) is 11.6 Å². The standard InChI is InChI=1S/C22H24N4O/c1-4-18(15-8-6-10-17(12-15)26-20(27)5-2)21-19(14-25-22(21)23-3)16-9-7-11-24-13-16/h4-5,7-9,11,13-14,17,25H,2-3,6,10,12H2,1H3,(H,26,27)/b18-4-. The van der Waals surface area contributed by atoms with Gasteiger partial charge in [-0.05, 0) is 56.2 Å². The van der Waals surface area contributed by atoms with Gasteiger partial charge in [-0.3, -0.25) is 9.78 Å². The number of nitrogens with one attached hydrogen (secondary N) is 2. The zero-order valence-electron chi connectivity index (χ0n) is 15.5. The molecule has 1 amide bonds. The van der Waals surface area contributed by atoms with Crippen molar-refractivity contribution >= 4 is 24.0 Å². The van der Waals surface area contributed by atoms with Crippen LogP contribution in [0.25, 0.3) is 16.7 Å². The van der Waals surface area contributed by atoms with E-state index < -0.39 is 0 Å². The number of rotatable bonds is 6. The summed E-state index contributed by atoms with van der Waals surface area (Å²) >= 11 is 0. The molecule has 27 heavy (non-hydrogen) atoms. The lowest BCUT2D eigenvalue weighted by Crippen LogP contribution is -2.35. The highest BCUT2D eigenvalue weighted by Crippen LogP contribution is 2.41. The third-order valence-electron chi connectivity index (χ3n) is 4.80. The normalized spacial score (nSPS) is 17.1. The van der Waals surface area contributed by atoms with Gasteiger partial charge in [0.05, 0.1) is 0 Å². The zero-order valence-corrected chi connectivity index (χ0v) is 15.5. The highest BCUT2D eigenvalue weighted by Gasteiger charge is 2.23. The Morgan fingerprint density at radius 2 is 2.33 bits per heavy atom. The van der Waals surface area contributed by atoms with E-state index in [4.69, 9.17) is 0 Å². The summed E-state index contributed by atoms with van der Waals surface area (Å²) < 4.78 is 0. The Kier molecular flexibility index (Phi) is 5.81. The second-order valence-electron chi connectivity index (χ2n) is 6.45. The van der Waals surface area contributed by atoms with Crippen LogP contribution in [0.1, 0.15) is 31.7 Å². The Hall–Kier alpha value is -3.21. The van der Waals surface area contributed by atoms with Crippen molar-refractivity contribution in [3.63, 3.8) is 0 Å². The van der Waals surface area contributed by atoms with Gasteiger partial charge in [0.2, 0.25) is 5.91 Å². The van der Waals surface area contributed by atoms with Crippen LogP contribution in [0.2, 0.25) is 0 Å². The van der Waals surface area contributed by atoms with Crippen LogP contribution >= 0.6 is 0 Å². The van der Waals surface area contributed by atoms with Crippen molar-refractivity contribution in [3.05, 3.63) is 66.7 Å². The minimum absolute atomic E-state index is 0.103. The van der Waals surface area contributed by atoms with Gasteiger partial charge in [0.15, 0.2) is 0 Å². The maximum atomic E-state index is 11.7. The van der Waals surface area contributed by atoms with E-state index in [0.717, 1.165) is 47.3 Å². The molecule has 0 spiro atoms. The number of carbonyl (C=O) groups excluding carboxylic acids is 1. The molecule has 1 aliphatic rings. The number of aromatic amines is 1. The molecule has 1 aliphatic carbocycles. The summed E-state index contributed by atoms with van der Waals surface area (Å²) in [5, 5.41) is 3.02. The van der Waals surface area contributed by atoms with Gasteiger partial charge in [0.25, 0.3) is 0 Å². The highest BCUT2D eigenvalue weighted by molar-refractivity contribution is 5.93. The maximum absolute atomic E-state index is 11.7. The summed E-state index contributed by atoms with van der Waals surface area (Å²) in [7, 11) is 0. The first kappa shape index (κ1) is 18.6. The first-order valence-electron chi connectivity index (χ1n) is 9.05. The van der Waals surface area contributed by atoms with Crippen LogP contribution in [0.15, 0.2) is 66.1 Å². The number of hydrogen-bond acceptors (Lipinski definition) is 3. The van der Waals surface area contributed by atoms with Gasteiger partial charge >= 0.3 is 0 Å². The van der Waals surface area contributed by atoms with Crippen LogP contribution in [0.3, 0.4) is 0 Å². The summed E-state index contributed by atoms with van der Waals surface area (Å²) in [5.74, 6) is 0.606. The number of H-pyrrole nitrogens is 1. The molecule has 0 aliphatic heterocycles. The molecule has 2 aromatic rings. The van der Waals surface area contributed by atoms with Gasteiger partial charge in [0.1, 0.15) is 5.82 Å². The third kappa shape index (κ3) is 3.97. The van der Waals surface area contributed by atoms with Crippen LogP contribution in [0, 0.1) is 0 Å². The molecule has 1 atom stereocenters. The SMILES string of the molecule is C=CC(=O)NC1CCC=C(/C(=C/C)c2c(-c3cccnc3)c[nH]c2N=C)C1. The molecular weight excluding hydrogens is 336 g/mol. The molecule has 0 aromatic carbocycles. The van der Waals surface area contributed by atoms with E-state index >= 15 is 0 Å². The second kappa shape index (κ2) is 8.45. The molecule has 2 N–H and O–H groups in total. The van der Waals surface area contributed by atoms with Crippen LogP contribution < -0.4 is 5.32 Å². The summed E-state index contributed by atoms with van der Waals surface area (Å²) in [6.45, 7) is 9.27. The molecule has 1 unspecified atom stereocenters. The van der Waals surface area contributed by atoms with Gasteiger partial charge in [-0.1, -0.05) is 24.8 Å². The smallest absolute Gasteiger partial charge is 0.243 e. The first-order valence-corrected chi connectivity index (χ1v) is 9.05. The largest absolute Gasteiger partial charge is 0.349 e.